The number of aromatic amines is 1. The molecule has 0 spiro atoms. The highest BCUT2D eigenvalue weighted by Crippen LogP contribution is 2.21. The minimum atomic E-state index is -0.182. The molecule has 2 aromatic heterocycles. The molecule has 1 unspecified atom stereocenters. The molecule has 1 atom stereocenters. The molecule has 0 bridgehead atoms. The van der Waals surface area contributed by atoms with E-state index in [-0.39, 0.29) is 6.04 Å². The number of aromatic nitrogens is 4. The Hall–Kier alpha value is -1.65. The van der Waals surface area contributed by atoms with Gasteiger partial charge in [0.15, 0.2) is 5.65 Å². The summed E-state index contributed by atoms with van der Waals surface area (Å²) in [5.74, 6) is 0.637. The molecule has 16 heavy (non-hydrogen) atoms. The van der Waals surface area contributed by atoms with Gasteiger partial charge in [-0.25, -0.2) is 15.0 Å². The second kappa shape index (κ2) is 4.92. The number of imidazole rings is 1. The topological polar surface area (TPSA) is 90.3 Å². The molecule has 7 heteroatoms. The second-order valence-corrected chi connectivity index (χ2v) is 4.07. The Labute approximate surface area is 96.5 Å². The first-order chi connectivity index (χ1) is 7.85. The van der Waals surface area contributed by atoms with Gasteiger partial charge in [0.25, 0.3) is 0 Å². The number of H-pyrrole nitrogens is 1. The zero-order chi connectivity index (χ0) is 11.4. The van der Waals surface area contributed by atoms with Crippen LogP contribution in [0.2, 0.25) is 0 Å². The number of fused-ring (bicyclic) bond motifs is 1. The van der Waals surface area contributed by atoms with Gasteiger partial charge in [-0.2, -0.15) is 5.26 Å². The predicted molar refractivity (Wildman–Crippen MR) is 60.9 cm³/mol. The lowest BCUT2D eigenvalue weighted by atomic mass is 10.4. The lowest BCUT2D eigenvalue weighted by Crippen LogP contribution is -2.25. The van der Waals surface area contributed by atoms with Crippen molar-refractivity contribution in [3.05, 3.63) is 12.7 Å². The molecule has 0 aliphatic heterocycles. The van der Waals surface area contributed by atoms with Crippen molar-refractivity contribution in [2.75, 3.05) is 12.8 Å². The van der Waals surface area contributed by atoms with Crippen LogP contribution >= 0.6 is 11.8 Å². The van der Waals surface area contributed by atoms with Gasteiger partial charge in [-0.05, 0) is 7.05 Å². The first-order valence-electron chi connectivity index (χ1n) is 4.69. The van der Waals surface area contributed by atoms with E-state index in [1.54, 1.807) is 13.4 Å². The summed E-state index contributed by atoms with van der Waals surface area (Å²) in [4.78, 5) is 15.2. The number of thioether (sulfide) groups is 1. The fourth-order valence-electron chi connectivity index (χ4n) is 1.20. The molecule has 2 aromatic rings. The Balaban J connectivity index is 2.15. The monoisotopic (exact) mass is 234 g/mol. The standard InChI is InChI=1S/C9H10N6S/c1-11-6(2-10)3-16-9-7-8(13-4-12-7)14-5-15-9/h4-6,11H,3H2,1H3,(H,12,13,14,15). The molecule has 0 radical (unpaired) electrons. The highest BCUT2D eigenvalue weighted by atomic mass is 32.2. The zero-order valence-corrected chi connectivity index (χ0v) is 9.45. The maximum atomic E-state index is 8.80. The van der Waals surface area contributed by atoms with Crippen LogP contribution < -0.4 is 5.32 Å². The molecule has 0 saturated carbocycles. The van der Waals surface area contributed by atoms with Crippen LogP contribution in [0.4, 0.5) is 0 Å². The first-order valence-corrected chi connectivity index (χ1v) is 5.67. The Bertz CT molecular complexity index is 516. The average Bonchev–Trinajstić information content (AvgIpc) is 2.79. The van der Waals surface area contributed by atoms with Crippen LogP contribution in [0.3, 0.4) is 0 Å². The fraction of sp³-hybridized carbons (Fsp3) is 0.333. The fourth-order valence-corrected chi connectivity index (χ4v) is 2.18. The first kappa shape index (κ1) is 10.9. The minimum absolute atomic E-state index is 0.182. The van der Waals surface area contributed by atoms with E-state index in [9.17, 15) is 0 Å². The van der Waals surface area contributed by atoms with Crippen molar-refractivity contribution in [3.8, 4) is 6.07 Å². The van der Waals surface area contributed by atoms with E-state index in [1.807, 2.05) is 0 Å². The molecule has 0 fully saturated rings. The number of rotatable bonds is 4. The van der Waals surface area contributed by atoms with Crippen molar-refractivity contribution in [1.82, 2.24) is 25.3 Å². The molecule has 82 valence electrons. The van der Waals surface area contributed by atoms with Crippen molar-refractivity contribution in [3.63, 3.8) is 0 Å². The summed E-state index contributed by atoms with van der Waals surface area (Å²) in [7, 11) is 1.76. The summed E-state index contributed by atoms with van der Waals surface area (Å²) in [6, 6.07) is 1.98. The smallest absolute Gasteiger partial charge is 0.181 e. The minimum Gasteiger partial charge on any atom is -0.341 e. The summed E-state index contributed by atoms with van der Waals surface area (Å²) in [6.07, 6.45) is 3.06. The van der Waals surface area contributed by atoms with Gasteiger partial charge in [-0.1, -0.05) is 0 Å². The summed E-state index contributed by atoms with van der Waals surface area (Å²) in [6.45, 7) is 0. The third-order valence-electron chi connectivity index (χ3n) is 2.08. The predicted octanol–water partition coefficient (Wildman–Crippen LogP) is 0.557. The number of nitrogens with one attached hydrogen (secondary N) is 2. The molecule has 0 amide bonds. The molecular weight excluding hydrogens is 224 g/mol. The van der Waals surface area contributed by atoms with Crippen LogP contribution in [0.25, 0.3) is 11.2 Å². The second-order valence-electron chi connectivity index (χ2n) is 3.06. The molecule has 0 saturated heterocycles. The Kier molecular flexibility index (Phi) is 3.34. The highest BCUT2D eigenvalue weighted by molar-refractivity contribution is 7.99. The average molecular weight is 234 g/mol. The van der Waals surface area contributed by atoms with Gasteiger partial charge >= 0.3 is 0 Å². The molecule has 0 aliphatic rings. The quantitative estimate of drug-likeness (QED) is 0.593. The zero-order valence-electron chi connectivity index (χ0n) is 8.64. The number of nitrogens with zero attached hydrogens (tertiary/aromatic N) is 4. The lowest BCUT2D eigenvalue weighted by Gasteiger charge is -2.06. The summed E-state index contributed by atoms with van der Waals surface area (Å²) >= 11 is 1.50. The molecule has 0 aromatic carbocycles. The Morgan fingerprint density at radius 1 is 1.56 bits per heavy atom. The molecule has 6 nitrogen and oxygen atoms in total. The third kappa shape index (κ3) is 2.13. The van der Waals surface area contributed by atoms with Crippen LogP contribution in [0.5, 0.6) is 0 Å². The van der Waals surface area contributed by atoms with Crippen LogP contribution in [-0.2, 0) is 0 Å². The van der Waals surface area contributed by atoms with Gasteiger partial charge in [0.2, 0.25) is 0 Å². The molecule has 2 rings (SSSR count). The molecule has 2 heterocycles. The highest BCUT2D eigenvalue weighted by Gasteiger charge is 2.09. The molecule has 0 aliphatic carbocycles. The van der Waals surface area contributed by atoms with Crippen molar-refractivity contribution in [1.29, 1.82) is 5.26 Å². The van der Waals surface area contributed by atoms with Gasteiger partial charge in [0, 0.05) is 5.75 Å². The van der Waals surface area contributed by atoms with E-state index in [0.717, 1.165) is 10.5 Å². The SMILES string of the molecule is CNC(C#N)CSc1ncnc2nc[nH]c12. The van der Waals surface area contributed by atoms with Crippen molar-refractivity contribution in [2.24, 2.45) is 0 Å². The van der Waals surface area contributed by atoms with Crippen molar-refractivity contribution in [2.45, 2.75) is 11.1 Å². The van der Waals surface area contributed by atoms with E-state index in [1.165, 1.54) is 18.1 Å². The van der Waals surface area contributed by atoms with Crippen LogP contribution in [0, 0.1) is 11.3 Å². The van der Waals surface area contributed by atoms with E-state index < -0.39 is 0 Å². The van der Waals surface area contributed by atoms with Gasteiger partial charge < -0.3 is 10.3 Å². The third-order valence-corrected chi connectivity index (χ3v) is 3.16. The van der Waals surface area contributed by atoms with Gasteiger partial charge in [-0.3, -0.25) is 0 Å². The van der Waals surface area contributed by atoms with Gasteiger partial charge in [0.1, 0.15) is 22.9 Å². The van der Waals surface area contributed by atoms with Crippen LogP contribution in [-0.4, -0.2) is 38.8 Å². The number of hydrogen-bond acceptors (Lipinski definition) is 6. The van der Waals surface area contributed by atoms with E-state index in [4.69, 9.17) is 5.26 Å². The van der Waals surface area contributed by atoms with E-state index in [0.29, 0.717) is 11.4 Å². The molecule has 2 N–H and O–H groups in total. The largest absolute Gasteiger partial charge is 0.341 e. The maximum Gasteiger partial charge on any atom is 0.181 e. The van der Waals surface area contributed by atoms with E-state index in [2.05, 4.69) is 31.3 Å². The Morgan fingerprint density at radius 2 is 2.44 bits per heavy atom. The summed E-state index contributed by atoms with van der Waals surface area (Å²) < 4.78 is 0. The van der Waals surface area contributed by atoms with Crippen LogP contribution in [0.1, 0.15) is 0 Å². The Morgan fingerprint density at radius 3 is 3.19 bits per heavy atom. The number of nitriles is 1. The normalized spacial score (nSPS) is 12.5. The van der Waals surface area contributed by atoms with Gasteiger partial charge in [-0.15, -0.1) is 11.8 Å². The van der Waals surface area contributed by atoms with Crippen LogP contribution in [0.15, 0.2) is 17.7 Å². The summed E-state index contributed by atoms with van der Waals surface area (Å²) in [5.41, 5.74) is 1.47. The number of hydrogen-bond donors (Lipinski definition) is 2. The molecular formula is C9H10N6S. The van der Waals surface area contributed by atoms with E-state index >= 15 is 0 Å². The summed E-state index contributed by atoms with van der Waals surface area (Å²) in [5, 5.41) is 12.5. The van der Waals surface area contributed by atoms with Crippen molar-refractivity contribution >= 4 is 22.9 Å². The lowest BCUT2D eigenvalue weighted by molar-refractivity contribution is 0.749. The van der Waals surface area contributed by atoms with Gasteiger partial charge in [0.05, 0.1) is 12.4 Å². The van der Waals surface area contributed by atoms with Crippen molar-refractivity contribution < 1.29 is 0 Å². The maximum absolute atomic E-state index is 8.80.